The minimum atomic E-state index is -1.08. The fourth-order valence-corrected chi connectivity index (χ4v) is 2.64. The van der Waals surface area contributed by atoms with Gasteiger partial charge >= 0.3 is 5.97 Å². The van der Waals surface area contributed by atoms with Gasteiger partial charge in [0.25, 0.3) is 0 Å². The average Bonchev–Trinajstić information content (AvgIpc) is 2.52. The maximum atomic E-state index is 11.2. The molecule has 2 atom stereocenters. The van der Waals surface area contributed by atoms with Crippen molar-refractivity contribution in [2.45, 2.75) is 31.5 Å². The van der Waals surface area contributed by atoms with E-state index in [0.717, 1.165) is 15.6 Å². The highest BCUT2D eigenvalue weighted by molar-refractivity contribution is 14.1. The first kappa shape index (κ1) is 17.2. The molecule has 120 valence electrons. The highest BCUT2D eigenvalue weighted by atomic mass is 127. The summed E-state index contributed by atoms with van der Waals surface area (Å²) in [6.07, 6.45) is 3.03. The molecule has 22 heavy (non-hydrogen) atoms. The first-order valence-electron chi connectivity index (χ1n) is 7.20. The van der Waals surface area contributed by atoms with Crippen LogP contribution in [-0.2, 0) is 14.3 Å². The Bertz CT molecular complexity index is 526. The van der Waals surface area contributed by atoms with Crippen molar-refractivity contribution in [3.8, 4) is 0 Å². The van der Waals surface area contributed by atoms with Gasteiger partial charge < -0.3 is 19.7 Å². The molecule has 0 amide bonds. The van der Waals surface area contributed by atoms with Gasteiger partial charge in [0.15, 0.2) is 0 Å². The molecule has 1 aliphatic rings. The number of benzene rings is 1. The van der Waals surface area contributed by atoms with E-state index >= 15 is 0 Å². The van der Waals surface area contributed by atoms with E-state index in [-0.39, 0.29) is 18.3 Å². The summed E-state index contributed by atoms with van der Waals surface area (Å²) >= 11 is 2.23. The van der Waals surface area contributed by atoms with Crippen LogP contribution in [0, 0.1) is 3.57 Å². The molecule has 2 rings (SSSR count). The molecule has 1 aromatic rings. The van der Waals surface area contributed by atoms with Crippen LogP contribution in [0.2, 0.25) is 0 Å². The molecule has 0 bridgehead atoms. The van der Waals surface area contributed by atoms with E-state index in [1.807, 2.05) is 24.3 Å². The largest absolute Gasteiger partial charge is 0.475 e. The van der Waals surface area contributed by atoms with Crippen molar-refractivity contribution >= 4 is 28.6 Å². The number of ether oxygens (including phenoxy) is 2. The van der Waals surface area contributed by atoms with E-state index in [9.17, 15) is 9.90 Å². The van der Waals surface area contributed by atoms with Crippen LogP contribution in [-0.4, -0.2) is 35.7 Å². The smallest absolute Gasteiger partial charge is 0.370 e. The van der Waals surface area contributed by atoms with Gasteiger partial charge in [-0.05, 0) is 59.2 Å². The molecule has 0 fully saturated rings. The summed E-state index contributed by atoms with van der Waals surface area (Å²) < 4.78 is 12.1. The Morgan fingerprint density at radius 2 is 2.05 bits per heavy atom. The fourth-order valence-electron chi connectivity index (χ4n) is 2.28. The molecule has 0 radical (unpaired) electrons. The lowest BCUT2D eigenvalue weighted by Gasteiger charge is -2.28. The van der Waals surface area contributed by atoms with Crippen molar-refractivity contribution in [3.05, 3.63) is 45.2 Å². The van der Waals surface area contributed by atoms with E-state index in [4.69, 9.17) is 14.6 Å². The van der Waals surface area contributed by atoms with Crippen LogP contribution in [0.5, 0.6) is 0 Å². The van der Waals surface area contributed by atoms with Gasteiger partial charge in [-0.25, -0.2) is 4.79 Å². The second-order valence-corrected chi connectivity index (χ2v) is 6.32. The van der Waals surface area contributed by atoms with Crippen molar-refractivity contribution < 1.29 is 24.5 Å². The SMILES string of the molecule is O=C(O)C1=C[C@@H](c2ccc(I)cc2)C[C@@H](OCCCCO)O1. The molecular weight excluding hydrogens is 399 g/mol. The van der Waals surface area contributed by atoms with Crippen LogP contribution < -0.4 is 0 Å². The first-order valence-corrected chi connectivity index (χ1v) is 8.27. The third-order valence-corrected chi connectivity index (χ3v) is 4.14. The molecule has 0 aromatic heterocycles. The Kier molecular flexibility index (Phi) is 6.66. The molecule has 1 aromatic carbocycles. The zero-order valence-corrected chi connectivity index (χ0v) is 14.2. The molecule has 2 N–H and O–H groups in total. The van der Waals surface area contributed by atoms with Crippen LogP contribution in [0.3, 0.4) is 0 Å². The summed E-state index contributed by atoms with van der Waals surface area (Å²) in [5.41, 5.74) is 1.05. The molecule has 6 heteroatoms. The highest BCUT2D eigenvalue weighted by Gasteiger charge is 2.28. The number of aliphatic carboxylic acids is 1. The number of halogens is 1. The monoisotopic (exact) mass is 418 g/mol. The molecule has 0 spiro atoms. The van der Waals surface area contributed by atoms with Gasteiger partial charge in [-0.3, -0.25) is 0 Å². The summed E-state index contributed by atoms with van der Waals surface area (Å²) in [7, 11) is 0. The van der Waals surface area contributed by atoms with Crippen molar-refractivity contribution in [2.75, 3.05) is 13.2 Å². The van der Waals surface area contributed by atoms with Crippen LogP contribution in [0.25, 0.3) is 0 Å². The zero-order chi connectivity index (χ0) is 15.9. The van der Waals surface area contributed by atoms with E-state index in [1.54, 1.807) is 6.08 Å². The summed E-state index contributed by atoms with van der Waals surface area (Å²) in [5.74, 6) is -1.19. The number of allylic oxidation sites excluding steroid dienone is 1. The number of rotatable bonds is 7. The molecule has 0 aliphatic carbocycles. The topological polar surface area (TPSA) is 76.0 Å². The molecule has 1 aliphatic heterocycles. The lowest BCUT2D eigenvalue weighted by Crippen LogP contribution is -2.27. The van der Waals surface area contributed by atoms with Crippen molar-refractivity contribution in [3.63, 3.8) is 0 Å². The van der Waals surface area contributed by atoms with Gasteiger partial charge in [0.05, 0.1) is 6.61 Å². The highest BCUT2D eigenvalue weighted by Crippen LogP contribution is 2.31. The van der Waals surface area contributed by atoms with Gasteiger partial charge in [0.2, 0.25) is 12.0 Å². The van der Waals surface area contributed by atoms with Gasteiger partial charge in [-0.2, -0.15) is 0 Å². The van der Waals surface area contributed by atoms with Crippen molar-refractivity contribution in [2.24, 2.45) is 0 Å². The first-order chi connectivity index (χ1) is 10.6. The summed E-state index contributed by atoms with van der Waals surface area (Å²) in [6, 6.07) is 7.99. The third-order valence-electron chi connectivity index (χ3n) is 3.42. The van der Waals surface area contributed by atoms with Crippen LogP contribution >= 0.6 is 22.6 Å². The van der Waals surface area contributed by atoms with Crippen LogP contribution in [0.15, 0.2) is 36.1 Å². The maximum absolute atomic E-state index is 11.2. The van der Waals surface area contributed by atoms with Gasteiger partial charge in [-0.15, -0.1) is 0 Å². The zero-order valence-electron chi connectivity index (χ0n) is 12.1. The lowest BCUT2D eigenvalue weighted by molar-refractivity contribution is -0.157. The summed E-state index contributed by atoms with van der Waals surface area (Å²) in [6.45, 7) is 0.567. The Morgan fingerprint density at radius 1 is 1.32 bits per heavy atom. The van der Waals surface area contributed by atoms with Gasteiger partial charge in [0.1, 0.15) is 0 Å². The Hall–Kier alpha value is -1.12. The molecule has 5 nitrogen and oxygen atoms in total. The number of hydrogen-bond donors (Lipinski definition) is 2. The lowest BCUT2D eigenvalue weighted by atomic mass is 9.93. The molecular formula is C16H19IO5. The third kappa shape index (κ3) is 4.96. The van der Waals surface area contributed by atoms with Crippen molar-refractivity contribution in [1.29, 1.82) is 0 Å². The van der Waals surface area contributed by atoms with Gasteiger partial charge in [0, 0.05) is 22.5 Å². The second-order valence-electron chi connectivity index (χ2n) is 5.08. The number of aliphatic hydroxyl groups is 1. The van der Waals surface area contributed by atoms with Gasteiger partial charge in [-0.1, -0.05) is 12.1 Å². The predicted octanol–water partition coefficient (Wildman–Crippen LogP) is 2.88. The molecule has 1 heterocycles. The van der Waals surface area contributed by atoms with E-state index in [1.165, 1.54) is 0 Å². The predicted molar refractivity (Wildman–Crippen MR) is 89.4 cm³/mol. The Morgan fingerprint density at radius 3 is 2.68 bits per heavy atom. The number of unbranched alkanes of at least 4 members (excludes halogenated alkanes) is 1. The molecule has 0 saturated heterocycles. The maximum Gasteiger partial charge on any atom is 0.370 e. The van der Waals surface area contributed by atoms with E-state index < -0.39 is 12.3 Å². The van der Waals surface area contributed by atoms with E-state index in [0.29, 0.717) is 19.4 Å². The van der Waals surface area contributed by atoms with E-state index in [2.05, 4.69) is 22.6 Å². The Balaban J connectivity index is 2.06. The number of carbonyl (C=O) groups is 1. The second kappa shape index (κ2) is 8.50. The number of carboxylic acids is 1. The quantitative estimate of drug-likeness (QED) is 0.526. The van der Waals surface area contributed by atoms with Crippen LogP contribution in [0.1, 0.15) is 30.7 Å². The number of hydrogen-bond acceptors (Lipinski definition) is 4. The molecule has 0 saturated carbocycles. The minimum Gasteiger partial charge on any atom is -0.475 e. The number of aliphatic hydroxyl groups excluding tert-OH is 1. The molecule has 0 unspecified atom stereocenters. The minimum absolute atomic E-state index is 0.0420. The number of carboxylic acid groups (broad SMARTS) is 1. The fraction of sp³-hybridized carbons (Fsp3) is 0.438. The normalized spacial score (nSPS) is 21.1. The standard InChI is InChI=1S/C16H19IO5/c17-13-5-3-11(4-6-13)12-9-14(16(19)20)22-15(10-12)21-8-2-1-7-18/h3-6,9,12,15,18H,1-2,7-8,10H2,(H,19,20)/t12-,15+/m1/s1. The Labute approximate surface area is 143 Å². The summed E-state index contributed by atoms with van der Waals surface area (Å²) in [5, 5.41) is 17.9. The average molecular weight is 418 g/mol. The van der Waals surface area contributed by atoms with Crippen molar-refractivity contribution in [1.82, 2.24) is 0 Å². The summed E-state index contributed by atoms with van der Waals surface area (Å²) in [4.78, 5) is 11.2. The van der Waals surface area contributed by atoms with Crippen LogP contribution in [0.4, 0.5) is 0 Å².